The van der Waals surface area contributed by atoms with Crippen molar-refractivity contribution >= 4 is 0 Å². The van der Waals surface area contributed by atoms with E-state index in [1.54, 1.807) is 0 Å². The second-order valence-electron chi connectivity index (χ2n) is 5.68. The largest absolute Gasteiger partial charge is 0.492 e. The average Bonchev–Trinajstić information content (AvgIpc) is 3.27. The van der Waals surface area contributed by atoms with E-state index in [-0.39, 0.29) is 0 Å². The summed E-state index contributed by atoms with van der Waals surface area (Å²) in [5.74, 6) is 1.90. The van der Waals surface area contributed by atoms with Gasteiger partial charge in [-0.1, -0.05) is 25.5 Å². The highest BCUT2D eigenvalue weighted by Crippen LogP contribution is 2.32. The van der Waals surface area contributed by atoms with Crippen molar-refractivity contribution in [3.8, 4) is 5.75 Å². The zero-order chi connectivity index (χ0) is 13.5. The highest BCUT2D eigenvalue weighted by atomic mass is 16.5. The lowest BCUT2D eigenvalue weighted by atomic mass is 10.1. The first kappa shape index (κ1) is 14.4. The fourth-order valence-corrected chi connectivity index (χ4v) is 2.35. The SMILES string of the molecule is CCCCc1ccc(OCCNC(C)C2CC2)cc1. The molecule has 0 spiro atoms. The van der Waals surface area contributed by atoms with Crippen molar-refractivity contribution in [2.45, 2.75) is 52.0 Å². The van der Waals surface area contributed by atoms with Crippen molar-refractivity contribution in [2.75, 3.05) is 13.2 Å². The number of hydrogen-bond acceptors (Lipinski definition) is 2. The maximum atomic E-state index is 5.75. The second-order valence-corrected chi connectivity index (χ2v) is 5.68. The van der Waals surface area contributed by atoms with E-state index >= 15 is 0 Å². The van der Waals surface area contributed by atoms with Gasteiger partial charge in [0.05, 0.1) is 0 Å². The Kier molecular flexibility index (Phi) is 5.71. The van der Waals surface area contributed by atoms with Crippen molar-refractivity contribution in [1.29, 1.82) is 0 Å². The lowest BCUT2D eigenvalue weighted by Gasteiger charge is -2.13. The van der Waals surface area contributed by atoms with E-state index < -0.39 is 0 Å². The molecule has 1 N–H and O–H groups in total. The van der Waals surface area contributed by atoms with Crippen LogP contribution in [0.2, 0.25) is 0 Å². The normalized spacial score (nSPS) is 16.3. The van der Waals surface area contributed by atoms with Crippen LogP contribution in [0.1, 0.15) is 45.1 Å². The highest BCUT2D eigenvalue weighted by molar-refractivity contribution is 5.27. The Morgan fingerprint density at radius 2 is 2.00 bits per heavy atom. The lowest BCUT2D eigenvalue weighted by molar-refractivity contribution is 0.303. The Bertz CT molecular complexity index is 356. The van der Waals surface area contributed by atoms with E-state index in [1.165, 1.54) is 37.7 Å². The molecule has 1 fully saturated rings. The smallest absolute Gasteiger partial charge is 0.119 e. The molecule has 19 heavy (non-hydrogen) atoms. The van der Waals surface area contributed by atoms with Gasteiger partial charge in [-0.25, -0.2) is 0 Å². The highest BCUT2D eigenvalue weighted by Gasteiger charge is 2.27. The fraction of sp³-hybridized carbons (Fsp3) is 0.647. The van der Waals surface area contributed by atoms with Crippen LogP contribution >= 0.6 is 0 Å². The maximum Gasteiger partial charge on any atom is 0.119 e. The molecule has 0 bridgehead atoms. The Hall–Kier alpha value is -1.02. The molecule has 1 aliphatic rings. The first-order chi connectivity index (χ1) is 9.29. The van der Waals surface area contributed by atoms with Crippen molar-refractivity contribution in [3.05, 3.63) is 29.8 Å². The lowest BCUT2D eigenvalue weighted by Crippen LogP contribution is -2.31. The molecule has 0 aliphatic heterocycles. The average molecular weight is 261 g/mol. The minimum atomic E-state index is 0.653. The van der Waals surface area contributed by atoms with Gasteiger partial charge in [0.1, 0.15) is 12.4 Å². The quantitative estimate of drug-likeness (QED) is 0.683. The van der Waals surface area contributed by atoms with Crippen molar-refractivity contribution in [2.24, 2.45) is 5.92 Å². The van der Waals surface area contributed by atoms with Gasteiger partial charge >= 0.3 is 0 Å². The molecule has 0 amide bonds. The number of ether oxygens (including phenoxy) is 1. The van der Waals surface area contributed by atoms with Crippen LogP contribution < -0.4 is 10.1 Å². The summed E-state index contributed by atoms with van der Waals surface area (Å²) in [6.45, 7) is 6.20. The van der Waals surface area contributed by atoms with Crippen LogP contribution in [0, 0.1) is 5.92 Å². The van der Waals surface area contributed by atoms with Crippen LogP contribution in [0.3, 0.4) is 0 Å². The summed E-state index contributed by atoms with van der Waals surface area (Å²) in [7, 11) is 0. The standard InChI is InChI=1S/C17H27NO/c1-3-4-5-15-6-10-17(11-7-15)19-13-12-18-14(2)16-8-9-16/h6-7,10-11,14,16,18H,3-5,8-9,12-13H2,1-2H3. The summed E-state index contributed by atoms with van der Waals surface area (Å²) in [5.41, 5.74) is 1.41. The number of unbranched alkanes of at least 4 members (excludes halogenated alkanes) is 1. The van der Waals surface area contributed by atoms with Gasteiger partial charge in [0.25, 0.3) is 0 Å². The zero-order valence-corrected chi connectivity index (χ0v) is 12.3. The molecular formula is C17H27NO. The molecule has 1 unspecified atom stereocenters. The Labute approximate surface area is 117 Å². The first-order valence-corrected chi connectivity index (χ1v) is 7.74. The number of aryl methyl sites for hydroxylation is 1. The van der Waals surface area contributed by atoms with E-state index in [4.69, 9.17) is 4.74 Å². The minimum absolute atomic E-state index is 0.653. The number of rotatable bonds is 9. The van der Waals surface area contributed by atoms with E-state index in [1.807, 2.05) is 0 Å². The van der Waals surface area contributed by atoms with Crippen LogP contribution in [-0.4, -0.2) is 19.2 Å². The van der Waals surface area contributed by atoms with Crippen molar-refractivity contribution in [3.63, 3.8) is 0 Å². The summed E-state index contributed by atoms with van der Waals surface area (Å²) < 4.78 is 5.75. The predicted octanol–water partition coefficient (Wildman–Crippen LogP) is 3.80. The van der Waals surface area contributed by atoms with Gasteiger partial charge in [-0.3, -0.25) is 0 Å². The molecule has 1 aromatic rings. The third-order valence-electron chi connectivity index (χ3n) is 3.91. The summed E-state index contributed by atoms with van der Waals surface area (Å²) in [6, 6.07) is 9.21. The maximum absolute atomic E-state index is 5.75. The first-order valence-electron chi connectivity index (χ1n) is 7.74. The number of hydrogen-bond donors (Lipinski definition) is 1. The van der Waals surface area contributed by atoms with Gasteiger partial charge in [0, 0.05) is 12.6 Å². The molecule has 1 atom stereocenters. The minimum Gasteiger partial charge on any atom is -0.492 e. The van der Waals surface area contributed by atoms with E-state index in [0.717, 1.165) is 24.8 Å². The van der Waals surface area contributed by atoms with Crippen molar-refractivity contribution in [1.82, 2.24) is 5.32 Å². The van der Waals surface area contributed by atoms with Gasteiger partial charge in [-0.2, -0.15) is 0 Å². The molecular weight excluding hydrogens is 234 g/mol. The molecule has 0 aromatic heterocycles. The van der Waals surface area contributed by atoms with Gasteiger partial charge < -0.3 is 10.1 Å². The molecule has 2 heteroatoms. The van der Waals surface area contributed by atoms with Gasteiger partial charge in [0.2, 0.25) is 0 Å². The number of nitrogens with one attached hydrogen (secondary N) is 1. The Morgan fingerprint density at radius 3 is 2.63 bits per heavy atom. The fourth-order valence-electron chi connectivity index (χ4n) is 2.35. The summed E-state index contributed by atoms with van der Waals surface area (Å²) in [4.78, 5) is 0. The summed E-state index contributed by atoms with van der Waals surface area (Å²) in [5, 5.41) is 3.53. The molecule has 2 nitrogen and oxygen atoms in total. The third-order valence-corrected chi connectivity index (χ3v) is 3.91. The third kappa shape index (κ3) is 5.23. The van der Waals surface area contributed by atoms with Crippen LogP contribution in [0.4, 0.5) is 0 Å². The van der Waals surface area contributed by atoms with Crippen molar-refractivity contribution < 1.29 is 4.74 Å². The van der Waals surface area contributed by atoms with E-state index in [2.05, 4.69) is 43.4 Å². The Balaban J connectivity index is 1.62. The van der Waals surface area contributed by atoms with E-state index in [9.17, 15) is 0 Å². The summed E-state index contributed by atoms with van der Waals surface area (Å²) in [6.07, 6.45) is 6.49. The van der Waals surface area contributed by atoms with Crippen LogP contribution in [-0.2, 0) is 6.42 Å². The number of benzene rings is 1. The van der Waals surface area contributed by atoms with E-state index in [0.29, 0.717) is 6.04 Å². The molecule has 1 aliphatic carbocycles. The van der Waals surface area contributed by atoms with Gasteiger partial charge in [-0.05, 0) is 56.2 Å². The van der Waals surface area contributed by atoms with Crippen LogP contribution in [0.25, 0.3) is 0 Å². The monoisotopic (exact) mass is 261 g/mol. The topological polar surface area (TPSA) is 21.3 Å². The molecule has 0 heterocycles. The Morgan fingerprint density at radius 1 is 1.26 bits per heavy atom. The van der Waals surface area contributed by atoms with Crippen LogP contribution in [0.5, 0.6) is 5.75 Å². The molecule has 0 saturated heterocycles. The molecule has 1 saturated carbocycles. The predicted molar refractivity (Wildman–Crippen MR) is 80.7 cm³/mol. The van der Waals surface area contributed by atoms with Gasteiger partial charge in [-0.15, -0.1) is 0 Å². The van der Waals surface area contributed by atoms with Crippen LogP contribution in [0.15, 0.2) is 24.3 Å². The second kappa shape index (κ2) is 7.54. The molecule has 106 valence electrons. The molecule has 1 aromatic carbocycles. The summed E-state index contributed by atoms with van der Waals surface area (Å²) >= 11 is 0. The van der Waals surface area contributed by atoms with Gasteiger partial charge in [0.15, 0.2) is 0 Å². The molecule has 0 radical (unpaired) electrons. The molecule has 2 rings (SSSR count). The zero-order valence-electron chi connectivity index (χ0n) is 12.3.